The molecule has 0 saturated heterocycles. The average Bonchev–Trinajstić information content (AvgIpc) is 2.01. The first kappa shape index (κ1) is 9.95. The van der Waals surface area contributed by atoms with E-state index in [9.17, 15) is 13.2 Å². The van der Waals surface area contributed by atoms with E-state index in [4.69, 9.17) is 10.4 Å². The van der Waals surface area contributed by atoms with E-state index in [-0.39, 0.29) is 22.7 Å². The van der Waals surface area contributed by atoms with Gasteiger partial charge in [0.1, 0.15) is 0 Å². The second kappa shape index (κ2) is 4.77. The molecule has 0 aliphatic carbocycles. The zero-order chi connectivity index (χ0) is 10.8. The van der Waals surface area contributed by atoms with Crippen molar-refractivity contribution in [2.24, 2.45) is 0 Å². The van der Waals surface area contributed by atoms with E-state index in [1.54, 1.807) is 0 Å². The molecule has 0 aliphatic heterocycles. The molecular weight excluding hydrogens is 233 g/mol. The van der Waals surface area contributed by atoms with Crippen molar-refractivity contribution in [2.75, 3.05) is 0 Å². The van der Waals surface area contributed by atoms with Crippen LogP contribution in [0.25, 0.3) is 0 Å². The maximum absolute atomic E-state index is 11.9. The number of alkyl halides is 3. The number of thioether (sulfide) groups is 1. The second-order valence-corrected chi connectivity index (χ2v) is 5.20. The molecule has 0 N–H and O–H groups in total. The summed E-state index contributed by atoms with van der Waals surface area (Å²) in [6, 6.07) is 4.14. The van der Waals surface area contributed by atoms with Gasteiger partial charge in [-0.25, -0.2) is 0 Å². The van der Waals surface area contributed by atoms with Crippen molar-refractivity contribution in [3.63, 3.8) is 0 Å². The lowest BCUT2D eigenvalue weighted by atomic mass is 10.4. The summed E-state index contributed by atoms with van der Waals surface area (Å²) in [6.07, 6.45) is 0. The van der Waals surface area contributed by atoms with Gasteiger partial charge in [-0.05, 0) is 11.8 Å². The minimum absolute atomic E-state index is 0.0327. The molecule has 6 heteroatoms. The van der Waals surface area contributed by atoms with E-state index in [1.807, 2.05) is 0 Å². The van der Waals surface area contributed by atoms with Gasteiger partial charge in [0.15, 0.2) is 0 Å². The summed E-state index contributed by atoms with van der Waals surface area (Å²) < 4.78 is 43.9. The molecule has 0 saturated carbocycles. The van der Waals surface area contributed by atoms with E-state index in [0.29, 0.717) is 3.69 Å². The Bertz CT molecular complexity index is 331. The fraction of sp³-hybridized carbons (Fsp3) is 0.143. The summed E-state index contributed by atoms with van der Waals surface area (Å²) in [5, 5.41) is 0. The van der Waals surface area contributed by atoms with E-state index in [0.717, 1.165) is 0 Å². The molecule has 0 aromatic heterocycles. The van der Waals surface area contributed by atoms with Crippen molar-refractivity contribution in [3.8, 4) is 0 Å². The van der Waals surface area contributed by atoms with Crippen molar-refractivity contribution in [1.82, 2.24) is 0 Å². The van der Waals surface area contributed by atoms with Gasteiger partial charge in [0.25, 0.3) is 0 Å². The maximum Gasteiger partial charge on any atom is 0.538 e. The summed E-state index contributed by atoms with van der Waals surface area (Å²) in [5.41, 5.74) is -4.30. The van der Waals surface area contributed by atoms with Crippen molar-refractivity contribution < 1.29 is 14.5 Å². The highest BCUT2D eigenvalue weighted by Crippen LogP contribution is 2.36. The van der Waals surface area contributed by atoms with Gasteiger partial charge < -0.3 is 9.07 Å². The summed E-state index contributed by atoms with van der Waals surface area (Å²) >= 11 is -1.21. The zero-order valence-corrected chi connectivity index (χ0v) is 9.35. The van der Waals surface area contributed by atoms with Crippen LogP contribution in [0.2, 0.25) is 0 Å². The first-order valence-electron chi connectivity index (χ1n) is 3.83. The fourth-order valence-electron chi connectivity index (χ4n) is 0.723. The predicted molar refractivity (Wildman–Crippen MR) is 49.6 cm³/mol. The lowest BCUT2D eigenvalue weighted by Crippen LogP contribution is -2.07. The molecule has 13 heavy (non-hydrogen) atoms. The first-order chi connectivity index (χ1) is 6.42. The molecule has 1 aromatic rings. The van der Waals surface area contributed by atoms with E-state index >= 15 is 0 Å². The fourth-order valence-corrected chi connectivity index (χ4v) is 2.13. The Hall–Kier alpha value is 0.416. The highest BCUT2D eigenvalue weighted by Gasteiger charge is 2.28. The number of rotatable bonds is 2. The molecular formula is C7H4ClF3MgS. The summed E-state index contributed by atoms with van der Waals surface area (Å²) in [4.78, 5) is 0.0327. The molecule has 0 unspecified atom stereocenters. The molecule has 0 atom stereocenters. The average molecular weight is 238 g/mol. The van der Waals surface area contributed by atoms with Crippen LogP contribution in [0, 0.1) is 0 Å². The standard InChI is InChI=1S/C7H4F3S.ClH.Mg/c8-7(9,10)11-6-4-2-1-3-5-6;;/h2-5H;1H;/q;;+1/p-1/i2D;;. The Balaban J connectivity index is 2.87. The van der Waals surface area contributed by atoms with Gasteiger partial charge in [-0.1, -0.05) is 24.2 Å². The topological polar surface area (TPSA) is 0 Å². The summed E-state index contributed by atoms with van der Waals surface area (Å²) in [7, 11) is 5.61. The SMILES string of the molecule is [2H]c1cc(SC(F)(F)F)cc[c]1[Mg][Cl]. The van der Waals surface area contributed by atoms with Gasteiger partial charge in [0, 0.05) is 4.90 Å². The van der Waals surface area contributed by atoms with Crippen LogP contribution in [0.3, 0.4) is 0 Å². The van der Waals surface area contributed by atoms with Gasteiger partial charge in [-0.15, -0.1) is 3.69 Å². The highest BCUT2D eigenvalue weighted by atomic mass is 35.5. The molecule has 0 aliphatic rings. The lowest BCUT2D eigenvalue weighted by Gasteiger charge is -2.05. The lowest BCUT2D eigenvalue weighted by molar-refractivity contribution is -0.0328. The van der Waals surface area contributed by atoms with Crippen molar-refractivity contribution in [2.45, 2.75) is 10.4 Å². The third-order valence-electron chi connectivity index (χ3n) is 1.23. The monoisotopic (exact) mass is 237 g/mol. The number of halogens is 4. The third-order valence-corrected chi connectivity index (χ3v) is 3.54. The smallest absolute Gasteiger partial charge is 0.336 e. The molecule has 1 rings (SSSR count). The van der Waals surface area contributed by atoms with E-state index in [1.165, 1.54) is 18.2 Å². The van der Waals surface area contributed by atoms with E-state index in [2.05, 4.69) is 0 Å². The Morgan fingerprint density at radius 3 is 2.54 bits per heavy atom. The zero-order valence-electron chi connectivity index (χ0n) is 7.36. The summed E-state index contributed by atoms with van der Waals surface area (Å²) in [6.45, 7) is 0. The van der Waals surface area contributed by atoms with Gasteiger partial charge in [-0.3, -0.25) is 0 Å². The van der Waals surface area contributed by atoms with E-state index < -0.39 is 24.8 Å². The molecule has 1 aromatic carbocycles. The molecule has 0 radical (unpaired) electrons. The molecule has 0 nitrogen and oxygen atoms in total. The molecule has 0 heterocycles. The van der Waals surface area contributed by atoms with Crippen LogP contribution < -0.4 is 3.69 Å². The Morgan fingerprint density at radius 2 is 2.08 bits per heavy atom. The van der Waals surface area contributed by atoms with Crippen LogP contribution in [-0.4, -0.2) is 24.8 Å². The van der Waals surface area contributed by atoms with Crippen molar-refractivity contribution in [3.05, 3.63) is 24.2 Å². The van der Waals surface area contributed by atoms with Crippen molar-refractivity contribution in [1.29, 1.82) is 0 Å². The number of hydrogen-bond acceptors (Lipinski definition) is 1. The number of hydrogen-bond donors (Lipinski definition) is 0. The highest BCUT2D eigenvalue weighted by molar-refractivity contribution is 8.00. The third kappa shape index (κ3) is 4.44. The molecule has 0 bridgehead atoms. The molecule has 0 spiro atoms. The van der Waals surface area contributed by atoms with Crippen molar-refractivity contribution >= 4 is 43.8 Å². The number of benzene rings is 1. The minimum Gasteiger partial charge on any atom is -0.336 e. The Labute approximate surface area is 92.7 Å². The van der Waals surface area contributed by atoms with Gasteiger partial charge in [0.05, 0.1) is 1.37 Å². The van der Waals surface area contributed by atoms with Gasteiger partial charge in [0.2, 0.25) is 0 Å². The Kier molecular flexibility index (Phi) is 3.65. The maximum atomic E-state index is 11.9. The second-order valence-electron chi connectivity index (χ2n) is 2.23. The normalized spacial score (nSPS) is 12.2. The van der Waals surface area contributed by atoms with Crippen LogP contribution in [0.1, 0.15) is 1.37 Å². The summed E-state index contributed by atoms with van der Waals surface area (Å²) in [5.74, 6) is 0. The van der Waals surface area contributed by atoms with Crippen LogP contribution >= 0.6 is 20.8 Å². The van der Waals surface area contributed by atoms with Crippen LogP contribution in [-0.2, 0) is 0 Å². The predicted octanol–water partition coefficient (Wildman–Crippen LogP) is 2.78. The molecule has 68 valence electrons. The first-order valence-corrected chi connectivity index (χ1v) is 7.00. The molecule has 0 amide bonds. The van der Waals surface area contributed by atoms with Crippen LogP contribution in [0.15, 0.2) is 29.1 Å². The van der Waals surface area contributed by atoms with Gasteiger partial charge >= 0.3 is 24.8 Å². The largest absolute Gasteiger partial charge is 0.538 e. The quantitative estimate of drug-likeness (QED) is 0.563. The van der Waals surface area contributed by atoms with Crippen LogP contribution in [0.4, 0.5) is 13.2 Å². The van der Waals surface area contributed by atoms with Gasteiger partial charge in [-0.2, -0.15) is 13.2 Å². The Morgan fingerprint density at radius 1 is 1.38 bits per heavy atom. The van der Waals surface area contributed by atoms with Crippen LogP contribution in [0.5, 0.6) is 0 Å². The molecule has 0 fully saturated rings. The minimum atomic E-state index is -4.30.